The highest BCUT2D eigenvalue weighted by Crippen LogP contribution is 2.52. The Kier molecular flexibility index (Phi) is 6.20. The van der Waals surface area contributed by atoms with Gasteiger partial charge in [-0.1, -0.05) is 123 Å². The van der Waals surface area contributed by atoms with E-state index in [1.165, 1.54) is 55.3 Å². The van der Waals surface area contributed by atoms with Gasteiger partial charge in [-0.3, -0.25) is 0 Å². The van der Waals surface area contributed by atoms with Crippen molar-refractivity contribution in [2.24, 2.45) is 0 Å². The van der Waals surface area contributed by atoms with Gasteiger partial charge in [0, 0.05) is 33.2 Å². The van der Waals surface area contributed by atoms with E-state index in [1.54, 1.807) is 0 Å². The van der Waals surface area contributed by atoms with Crippen LogP contribution in [0, 0.1) is 0 Å². The van der Waals surface area contributed by atoms with Crippen molar-refractivity contribution in [2.45, 2.75) is 19.3 Å². The lowest BCUT2D eigenvalue weighted by atomic mass is 9.82. The van der Waals surface area contributed by atoms with Crippen molar-refractivity contribution in [2.75, 3.05) is 4.90 Å². The van der Waals surface area contributed by atoms with Crippen LogP contribution in [-0.4, -0.2) is 0 Å². The SMILES string of the molecule is CC1(C)c2cc(N(c3ccc(-c4ccccc4)cc3)c3ccc(-c4ccccc4)cc3)ccc2-c2cc3oc4ccccc4c3cc21. The first kappa shape index (κ1) is 27.5. The van der Waals surface area contributed by atoms with Gasteiger partial charge in [0.1, 0.15) is 11.2 Å². The zero-order valence-corrected chi connectivity index (χ0v) is 26.4. The third-order valence-corrected chi connectivity index (χ3v) is 9.88. The van der Waals surface area contributed by atoms with E-state index in [1.807, 2.05) is 6.07 Å². The van der Waals surface area contributed by atoms with Gasteiger partial charge in [0.15, 0.2) is 0 Å². The summed E-state index contributed by atoms with van der Waals surface area (Å²) < 4.78 is 6.31. The normalized spacial score (nSPS) is 13.1. The zero-order chi connectivity index (χ0) is 31.5. The van der Waals surface area contributed by atoms with Crippen molar-refractivity contribution in [1.82, 2.24) is 0 Å². The van der Waals surface area contributed by atoms with E-state index in [4.69, 9.17) is 4.42 Å². The van der Waals surface area contributed by atoms with Gasteiger partial charge in [0.25, 0.3) is 0 Å². The van der Waals surface area contributed by atoms with Crippen molar-refractivity contribution < 1.29 is 4.42 Å². The van der Waals surface area contributed by atoms with E-state index < -0.39 is 0 Å². The Balaban J connectivity index is 1.17. The first-order valence-corrected chi connectivity index (χ1v) is 16.3. The minimum absolute atomic E-state index is 0.173. The third kappa shape index (κ3) is 4.48. The van der Waals surface area contributed by atoms with Crippen LogP contribution in [0.15, 0.2) is 168 Å². The highest BCUT2D eigenvalue weighted by atomic mass is 16.3. The predicted molar refractivity (Wildman–Crippen MR) is 197 cm³/mol. The third-order valence-electron chi connectivity index (χ3n) is 9.88. The van der Waals surface area contributed by atoms with Gasteiger partial charge in [0.05, 0.1) is 0 Å². The largest absolute Gasteiger partial charge is 0.456 e. The standard InChI is InChI=1S/C45H33NO/c1-45(2)41-27-36(25-26-37(41)39-29-44-40(28-42(39)45)38-15-9-10-16-43(38)47-44)46(34-21-17-32(18-22-34)30-11-5-3-6-12-30)35-23-19-33(20-24-35)31-13-7-4-8-14-31/h3-29H,1-2H3. The molecular weight excluding hydrogens is 571 g/mol. The molecule has 0 radical (unpaired) electrons. The molecule has 0 atom stereocenters. The molecule has 8 aromatic rings. The van der Waals surface area contributed by atoms with E-state index in [0.717, 1.165) is 28.2 Å². The number of benzene rings is 7. The second kappa shape index (κ2) is 10.6. The molecule has 0 bridgehead atoms. The number of fused-ring (bicyclic) bond motifs is 6. The summed E-state index contributed by atoms with van der Waals surface area (Å²) in [4.78, 5) is 2.38. The summed E-state index contributed by atoms with van der Waals surface area (Å²) >= 11 is 0. The summed E-state index contributed by atoms with van der Waals surface area (Å²) in [5, 5.41) is 2.35. The summed E-state index contributed by atoms with van der Waals surface area (Å²) in [5.74, 6) is 0. The predicted octanol–water partition coefficient (Wildman–Crippen LogP) is 12.7. The lowest BCUT2D eigenvalue weighted by Gasteiger charge is -2.28. The van der Waals surface area contributed by atoms with Gasteiger partial charge >= 0.3 is 0 Å². The molecule has 1 aromatic heterocycles. The van der Waals surface area contributed by atoms with Crippen LogP contribution in [0.4, 0.5) is 17.1 Å². The fourth-order valence-corrected chi connectivity index (χ4v) is 7.39. The fourth-order valence-electron chi connectivity index (χ4n) is 7.39. The number of anilines is 3. The molecule has 7 aromatic carbocycles. The van der Waals surface area contributed by atoms with E-state index in [9.17, 15) is 0 Å². The van der Waals surface area contributed by atoms with Gasteiger partial charge in [0.2, 0.25) is 0 Å². The molecule has 0 spiro atoms. The summed E-state index contributed by atoms with van der Waals surface area (Å²) in [5.41, 5.74) is 15.1. The lowest BCUT2D eigenvalue weighted by Crippen LogP contribution is -2.16. The number of furan rings is 1. The average molecular weight is 604 g/mol. The average Bonchev–Trinajstić information content (AvgIpc) is 3.60. The highest BCUT2D eigenvalue weighted by molar-refractivity contribution is 6.07. The second-order valence-electron chi connectivity index (χ2n) is 13.0. The molecule has 1 heterocycles. The molecule has 0 fully saturated rings. The van der Waals surface area contributed by atoms with Crippen molar-refractivity contribution in [3.8, 4) is 33.4 Å². The molecule has 0 aliphatic heterocycles. The molecule has 0 saturated heterocycles. The molecule has 1 aliphatic carbocycles. The van der Waals surface area contributed by atoms with Crippen LogP contribution in [0.2, 0.25) is 0 Å². The molecule has 224 valence electrons. The molecule has 2 heteroatoms. The molecule has 0 saturated carbocycles. The van der Waals surface area contributed by atoms with Crippen molar-refractivity contribution in [3.63, 3.8) is 0 Å². The van der Waals surface area contributed by atoms with Crippen LogP contribution in [0.1, 0.15) is 25.0 Å². The summed E-state index contributed by atoms with van der Waals surface area (Å²) in [6.45, 7) is 4.70. The lowest BCUT2D eigenvalue weighted by molar-refractivity contribution is 0.658. The van der Waals surface area contributed by atoms with Crippen molar-refractivity contribution in [3.05, 3.63) is 175 Å². The Morgan fingerprint density at radius 3 is 1.53 bits per heavy atom. The first-order valence-electron chi connectivity index (χ1n) is 16.3. The second-order valence-corrected chi connectivity index (χ2v) is 13.0. The van der Waals surface area contributed by atoms with Gasteiger partial charge in [-0.25, -0.2) is 0 Å². The fraction of sp³-hybridized carbons (Fsp3) is 0.0667. The molecule has 0 amide bonds. The monoisotopic (exact) mass is 603 g/mol. The van der Waals surface area contributed by atoms with E-state index >= 15 is 0 Å². The van der Waals surface area contributed by atoms with Crippen LogP contribution < -0.4 is 4.90 Å². The van der Waals surface area contributed by atoms with Crippen LogP contribution in [0.3, 0.4) is 0 Å². The smallest absolute Gasteiger partial charge is 0.136 e. The Hall–Kier alpha value is -5.86. The Bertz CT molecular complexity index is 2320. The van der Waals surface area contributed by atoms with E-state index in [0.29, 0.717) is 0 Å². The van der Waals surface area contributed by atoms with E-state index in [-0.39, 0.29) is 5.41 Å². The maximum atomic E-state index is 6.31. The molecule has 9 rings (SSSR count). The summed E-state index contributed by atoms with van der Waals surface area (Å²) in [6, 6.07) is 58.9. The Morgan fingerprint density at radius 1 is 0.404 bits per heavy atom. The van der Waals surface area contributed by atoms with Gasteiger partial charge in [-0.2, -0.15) is 0 Å². The quantitative estimate of drug-likeness (QED) is 0.195. The molecular formula is C45H33NO. The molecule has 0 N–H and O–H groups in total. The summed E-state index contributed by atoms with van der Waals surface area (Å²) in [6.07, 6.45) is 0. The van der Waals surface area contributed by atoms with Crippen molar-refractivity contribution >= 4 is 39.0 Å². The van der Waals surface area contributed by atoms with Gasteiger partial charge in [-0.05, 0) is 99.1 Å². The number of rotatable bonds is 5. The number of hydrogen-bond acceptors (Lipinski definition) is 2. The van der Waals surface area contributed by atoms with Crippen LogP contribution in [0.5, 0.6) is 0 Å². The molecule has 47 heavy (non-hydrogen) atoms. The number of para-hydroxylation sites is 1. The first-order chi connectivity index (χ1) is 23.0. The van der Waals surface area contributed by atoms with Crippen LogP contribution in [-0.2, 0) is 5.41 Å². The highest BCUT2D eigenvalue weighted by Gasteiger charge is 2.37. The van der Waals surface area contributed by atoms with Crippen molar-refractivity contribution in [1.29, 1.82) is 0 Å². The minimum Gasteiger partial charge on any atom is -0.456 e. The van der Waals surface area contributed by atoms with Crippen LogP contribution >= 0.6 is 0 Å². The number of nitrogens with zero attached hydrogens (tertiary/aromatic N) is 1. The summed E-state index contributed by atoms with van der Waals surface area (Å²) in [7, 11) is 0. The zero-order valence-electron chi connectivity index (χ0n) is 26.4. The molecule has 1 aliphatic rings. The van der Waals surface area contributed by atoms with E-state index in [2.05, 4.69) is 176 Å². The topological polar surface area (TPSA) is 16.4 Å². The Morgan fingerprint density at radius 2 is 0.915 bits per heavy atom. The number of hydrogen-bond donors (Lipinski definition) is 0. The maximum absolute atomic E-state index is 6.31. The molecule has 0 unspecified atom stereocenters. The van der Waals surface area contributed by atoms with Gasteiger partial charge < -0.3 is 9.32 Å². The molecule has 2 nitrogen and oxygen atoms in total. The minimum atomic E-state index is -0.173. The van der Waals surface area contributed by atoms with Gasteiger partial charge in [-0.15, -0.1) is 0 Å². The Labute approximate surface area is 275 Å². The van der Waals surface area contributed by atoms with Crippen LogP contribution in [0.25, 0.3) is 55.3 Å². The maximum Gasteiger partial charge on any atom is 0.136 e.